The van der Waals surface area contributed by atoms with Gasteiger partial charge in [-0.25, -0.2) is 0 Å². The number of nitrogens with zero attached hydrogens (tertiary/aromatic N) is 1. The molecule has 0 unspecified atom stereocenters. The van der Waals surface area contributed by atoms with Crippen LogP contribution in [0.3, 0.4) is 0 Å². The molecule has 0 aromatic carbocycles. The first kappa shape index (κ1) is 14.5. The quantitative estimate of drug-likeness (QED) is 0.646. The van der Waals surface area contributed by atoms with E-state index in [2.05, 4.69) is 23.4 Å². The van der Waals surface area contributed by atoms with Crippen molar-refractivity contribution in [3.8, 4) is 0 Å². The highest BCUT2D eigenvalue weighted by molar-refractivity contribution is 8.00. The number of pyridine rings is 1. The average molecular weight is 241 g/mol. The molecule has 0 amide bonds. The Bertz CT molecular complexity index is 335. The molecule has 0 spiro atoms. The smallest absolute Gasteiger partial charge is 0.0821 e. The summed E-state index contributed by atoms with van der Waals surface area (Å²) in [7, 11) is 0. The maximum absolute atomic E-state index is 4.25. The van der Waals surface area contributed by atoms with Gasteiger partial charge in [0.25, 0.3) is 0 Å². The predicted molar refractivity (Wildman–Crippen MR) is 74.1 cm³/mol. The molecule has 0 saturated carbocycles. The normalized spacial score (nSPS) is 8.60. The summed E-state index contributed by atoms with van der Waals surface area (Å²) in [6, 6.07) is 6.21. The van der Waals surface area contributed by atoms with Gasteiger partial charge in [-0.2, -0.15) is 0 Å². The van der Waals surface area contributed by atoms with E-state index in [9.17, 15) is 0 Å². The van der Waals surface area contributed by atoms with E-state index in [1.165, 1.54) is 8.91 Å². The average Bonchev–Trinajstić information content (AvgIpc) is 2.77. The minimum Gasteiger partial charge on any atom is -0.255 e. The number of thiophene rings is 1. The number of hydrogen-bond donors (Lipinski definition) is 0. The molecule has 0 N–H and O–H groups in total. The minimum absolute atomic E-state index is 1.11. The van der Waals surface area contributed by atoms with Crippen molar-refractivity contribution >= 4 is 33.3 Å². The summed E-state index contributed by atoms with van der Waals surface area (Å²) in [6.45, 7) is 8.00. The number of fused-ring (bicyclic) bond motifs is 1. The summed E-state index contributed by atoms with van der Waals surface area (Å²) >= 11 is 3.57. The van der Waals surface area contributed by atoms with Crippen LogP contribution >= 0.6 is 23.1 Å². The third-order valence-corrected chi connectivity index (χ3v) is 3.62. The van der Waals surface area contributed by atoms with Crippen LogP contribution in [0.15, 0.2) is 28.6 Å². The van der Waals surface area contributed by atoms with Crippen molar-refractivity contribution in [2.24, 2.45) is 0 Å². The van der Waals surface area contributed by atoms with E-state index in [0.717, 1.165) is 5.52 Å². The first-order chi connectivity index (χ1) is 7.40. The lowest BCUT2D eigenvalue weighted by Crippen LogP contribution is -1.66. The Labute approximate surface area is 101 Å². The molecule has 3 heteroatoms. The molecule has 2 heterocycles. The Balaban J connectivity index is 0.000000442. The van der Waals surface area contributed by atoms with Crippen molar-refractivity contribution in [2.45, 2.75) is 31.9 Å². The number of aromatic nitrogens is 1. The fraction of sp³-hybridized carbons (Fsp3) is 0.417. The molecular formula is C12H19NS2. The second kappa shape index (κ2) is 8.74. The zero-order chi connectivity index (χ0) is 11.7. The van der Waals surface area contributed by atoms with Gasteiger partial charge in [-0.15, -0.1) is 23.1 Å². The first-order valence-corrected chi connectivity index (χ1v) is 7.33. The van der Waals surface area contributed by atoms with Crippen LogP contribution in [0.4, 0.5) is 0 Å². The van der Waals surface area contributed by atoms with Crippen LogP contribution in [0.25, 0.3) is 10.2 Å². The van der Waals surface area contributed by atoms with E-state index in [0.29, 0.717) is 0 Å². The number of hydrogen-bond acceptors (Lipinski definition) is 3. The largest absolute Gasteiger partial charge is 0.255 e. The van der Waals surface area contributed by atoms with Crippen molar-refractivity contribution in [1.29, 1.82) is 0 Å². The van der Waals surface area contributed by atoms with Crippen LogP contribution in [0, 0.1) is 0 Å². The van der Waals surface area contributed by atoms with Crippen molar-refractivity contribution in [2.75, 3.05) is 6.26 Å². The lowest BCUT2D eigenvalue weighted by molar-refractivity contribution is 1.42. The maximum atomic E-state index is 4.25. The van der Waals surface area contributed by atoms with Gasteiger partial charge in [0, 0.05) is 6.20 Å². The zero-order valence-electron chi connectivity index (χ0n) is 10.1. The highest BCUT2D eigenvalue weighted by Gasteiger charge is 1.98. The summed E-state index contributed by atoms with van der Waals surface area (Å²) in [6.07, 6.45) is 3.92. The molecule has 1 nitrogen and oxygen atoms in total. The number of thioether (sulfide) groups is 1. The van der Waals surface area contributed by atoms with Gasteiger partial charge in [0.2, 0.25) is 0 Å². The fourth-order valence-electron chi connectivity index (χ4n) is 0.948. The summed E-state index contributed by atoms with van der Waals surface area (Å²) in [5, 5.41) is 0. The minimum atomic E-state index is 1.11. The van der Waals surface area contributed by atoms with Gasteiger partial charge in [-0.05, 0) is 24.5 Å². The van der Waals surface area contributed by atoms with Gasteiger partial charge in [-0.1, -0.05) is 27.7 Å². The Morgan fingerprint density at radius 3 is 2.40 bits per heavy atom. The molecule has 2 aromatic rings. The van der Waals surface area contributed by atoms with Gasteiger partial charge in [0.05, 0.1) is 14.4 Å². The number of rotatable bonds is 1. The molecule has 2 aromatic heterocycles. The third kappa shape index (κ3) is 4.22. The van der Waals surface area contributed by atoms with Crippen LogP contribution in [-0.4, -0.2) is 11.2 Å². The summed E-state index contributed by atoms with van der Waals surface area (Å²) < 4.78 is 2.61. The van der Waals surface area contributed by atoms with Gasteiger partial charge in [-0.3, -0.25) is 4.98 Å². The zero-order valence-corrected chi connectivity index (χ0v) is 11.7. The summed E-state index contributed by atoms with van der Waals surface area (Å²) in [5.74, 6) is 0. The monoisotopic (exact) mass is 241 g/mol. The molecule has 84 valence electrons. The SMILES string of the molecule is CC.CC.CSc1cc2ncccc2s1. The van der Waals surface area contributed by atoms with Crippen molar-refractivity contribution in [3.63, 3.8) is 0 Å². The second-order valence-electron chi connectivity index (χ2n) is 2.16. The van der Waals surface area contributed by atoms with Gasteiger partial charge >= 0.3 is 0 Å². The van der Waals surface area contributed by atoms with E-state index < -0.39 is 0 Å². The van der Waals surface area contributed by atoms with E-state index in [-0.39, 0.29) is 0 Å². The highest BCUT2D eigenvalue weighted by Crippen LogP contribution is 2.29. The predicted octanol–water partition coefficient (Wildman–Crippen LogP) is 5.07. The van der Waals surface area contributed by atoms with Crippen molar-refractivity contribution < 1.29 is 0 Å². The molecule has 0 aliphatic heterocycles. The Kier molecular flexibility index (Phi) is 8.43. The topological polar surface area (TPSA) is 12.9 Å². The Morgan fingerprint density at radius 1 is 1.20 bits per heavy atom. The van der Waals surface area contributed by atoms with Gasteiger partial charge < -0.3 is 0 Å². The van der Waals surface area contributed by atoms with Crippen LogP contribution in [-0.2, 0) is 0 Å². The van der Waals surface area contributed by atoms with Gasteiger partial charge in [0.1, 0.15) is 0 Å². The Hall–Kier alpha value is -0.540. The molecule has 0 aliphatic rings. The fourth-order valence-corrected chi connectivity index (χ4v) is 2.53. The molecule has 2 rings (SSSR count). The van der Waals surface area contributed by atoms with E-state index in [1.54, 1.807) is 23.1 Å². The lowest BCUT2D eigenvalue weighted by Gasteiger charge is -1.81. The summed E-state index contributed by atoms with van der Waals surface area (Å²) in [5.41, 5.74) is 1.11. The van der Waals surface area contributed by atoms with E-state index in [1.807, 2.05) is 40.0 Å². The molecule has 0 bridgehead atoms. The summed E-state index contributed by atoms with van der Waals surface area (Å²) in [4.78, 5) is 4.25. The second-order valence-corrected chi connectivity index (χ2v) is 4.35. The van der Waals surface area contributed by atoms with Crippen LogP contribution in [0.1, 0.15) is 27.7 Å². The molecule has 15 heavy (non-hydrogen) atoms. The Morgan fingerprint density at radius 2 is 1.87 bits per heavy atom. The maximum Gasteiger partial charge on any atom is 0.0821 e. The lowest BCUT2D eigenvalue weighted by atomic mass is 10.4. The molecule has 0 radical (unpaired) electrons. The van der Waals surface area contributed by atoms with E-state index >= 15 is 0 Å². The van der Waals surface area contributed by atoms with Crippen LogP contribution in [0.2, 0.25) is 0 Å². The molecule has 0 atom stereocenters. The first-order valence-electron chi connectivity index (χ1n) is 5.29. The van der Waals surface area contributed by atoms with Crippen LogP contribution in [0.5, 0.6) is 0 Å². The standard InChI is InChI=1S/C8H7NS2.2C2H6/c1-10-8-5-6-7(11-8)3-2-4-9-6;2*1-2/h2-5H,1H3;2*1-2H3. The molecule has 0 aliphatic carbocycles. The van der Waals surface area contributed by atoms with Crippen LogP contribution < -0.4 is 0 Å². The van der Waals surface area contributed by atoms with Gasteiger partial charge in [0.15, 0.2) is 0 Å². The van der Waals surface area contributed by atoms with Crippen molar-refractivity contribution in [3.05, 3.63) is 24.4 Å². The molecule has 0 fully saturated rings. The third-order valence-electron chi connectivity index (χ3n) is 1.47. The molecule has 0 saturated heterocycles. The van der Waals surface area contributed by atoms with Crippen molar-refractivity contribution in [1.82, 2.24) is 4.98 Å². The highest BCUT2D eigenvalue weighted by atomic mass is 32.2. The molecular weight excluding hydrogens is 222 g/mol. The van der Waals surface area contributed by atoms with E-state index in [4.69, 9.17) is 0 Å².